The molecule has 14 heavy (non-hydrogen) atoms. The number of hydrogen-bond acceptors (Lipinski definition) is 4. The van der Waals surface area contributed by atoms with E-state index in [0.29, 0.717) is 12.3 Å². The third kappa shape index (κ3) is 1.84. The van der Waals surface area contributed by atoms with Gasteiger partial charge in [-0.1, -0.05) is 6.42 Å². The highest BCUT2D eigenvalue weighted by atomic mass is 16.2. The number of aromatic nitrogens is 3. The van der Waals surface area contributed by atoms with E-state index in [-0.39, 0.29) is 11.9 Å². The summed E-state index contributed by atoms with van der Waals surface area (Å²) in [4.78, 5) is 11.4. The first-order valence-electron chi connectivity index (χ1n) is 4.71. The van der Waals surface area contributed by atoms with Crippen LogP contribution in [-0.2, 0) is 4.79 Å². The van der Waals surface area contributed by atoms with Crippen molar-refractivity contribution in [2.45, 2.75) is 25.7 Å². The molecule has 0 bridgehead atoms. The summed E-state index contributed by atoms with van der Waals surface area (Å²) in [6.07, 6.45) is 5.51. The maximum atomic E-state index is 11.4. The summed E-state index contributed by atoms with van der Waals surface area (Å²) >= 11 is 0. The minimum absolute atomic E-state index is 0.0267. The Balaban J connectivity index is 1.84. The lowest BCUT2D eigenvalue weighted by Crippen LogP contribution is -2.27. The number of anilines is 1. The van der Waals surface area contributed by atoms with Gasteiger partial charge < -0.3 is 5.73 Å². The van der Waals surface area contributed by atoms with E-state index in [1.54, 1.807) is 0 Å². The number of carbonyl (C=O) groups excluding carboxylic acids is 1. The van der Waals surface area contributed by atoms with Crippen LogP contribution < -0.4 is 11.2 Å². The van der Waals surface area contributed by atoms with Crippen molar-refractivity contribution < 1.29 is 4.79 Å². The molecule has 1 aromatic rings. The van der Waals surface area contributed by atoms with Gasteiger partial charge in [-0.15, -0.1) is 10.2 Å². The largest absolute Gasteiger partial charge is 0.366 e. The zero-order chi connectivity index (χ0) is 9.97. The van der Waals surface area contributed by atoms with Crippen molar-refractivity contribution in [3.63, 3.8) is 0 Å². The van der Waals surface area contributed by atoms with Gasteiger partial charge in [0.15, 0.2) is 0 Å². The number of nitrogens with two attached hydrogens (primary N) is 1. The number of hydrogen-bond donors (Lipinski definition) is 2. The fourth-order valence-electron chi connectivity index (χ4n) is 1.47. The highest BCUT2D eigenvalue weighted by Gasteiger charge is 2.20. The van der Waals surface area contributed by atoms with Crippen LogP contribution in [0, 0.1) is 5.92 Å². The van der Waals surface area contributed by atoms with E-state index in [0.717, 1.165) is 12.8 Å². The highest BCUT2D eigenvalue weighted by molar-refractivity contribution is 5.84. The normalized spacial score (nSPS) is 16.3. The van der Waals surface area contributed by atoms with Gasteiger partial charge >= 0.3 is 0 Å². The number of amides is 1. The molecule has 0 aliphatic heterocycles. The molecule has 76 valence electrons. The zero-order valence-electron chi connectivity index (χ0n) is 7.81. The van der Waals surface area contributed by atoms with Crippen LogP contribution in [0.15, 0.2) is 6.33 Å². The molecule has 0 unspecified atom stereocenters. The van der Waals surface area contributed by atoms with Crippen LogP contribution >= 0.6 is 0 Å². The van der Waals surface area contributed by atoms with E-state index in [1.165, 1.54) is 17.4 Å². The Morgan fingerprint density at radius 2 is 2.50 bits per heavy atom. The first kappa shape index (κ1) is 8.98. The minimum Gasteiger partial charge on any atom is -0.366 e. The Morgan fingerprint density at radius 3 is 3.00 bits per heavy atom. The van der Waals surface area contributed by atoms with Crippen LogP contribution in [0.3, 0.4) is 0 Å². The number of nitrogen functional groups attached to an aromatic ring is 1. The highest BCUT2D eigenvalue weighted by Crippen LogP contribution is 2.29. The molecule has 1 amide bonds. The molecule has 1 saturated carbocycles. The van der Waals surface area contributed by atoms with Crippen molar-refractivity contribution in [3.8, 4) is 0 Å². The van der Waals surface area contributed by atoms with E-state index < -0.39 is 0 Å². The number of rotatable bonds is 3. The molecule has 3 N–H and O–H groups in total. The van der Waals surface area contributed by atoms with Crippen LogP contribution in [-0.4, -0.2) is 20.8 Å². The van der Waals surface area contributed by atoms with Gasteiger partial charge in [-0.05, 0) is 18.8 Å². The topological polar surface area (TPSA) is 85.8 Å². The molecule has 6 heteroatoms. The molecule has 0 atom stereocenters. The van der Waals surface area contributed by atoms with Crippen molar-refractivity contribution in [1.29, 1.82) is 0 Å². The fraction of sp³-hybridized carbons (Fsp3) is 0.625. The molecule has 1 aromatic heterocycles. The second kappa shape index (κ2) is 3.65. The first-order chi connectivity index (χ1) is 6.75. The summed E-state index contributed by atoms with van der Waals surface area (Å²) in [6, 6.07) is 0. The van der Waals surface area contributed by atoms with E-state index in [9.17, 15) is 4.79 Å². The predicted molar refractivity (Wildman–Crippen MR) is 50.8 cm³/mol. The predicted octanol–water partition coefficient (Wildman–Crippen LogP) is 0.121. The molecule has 1 aliphatic carbocycles. The average molecular weight is 195 g/mol. The second-order valence-corrected chi connectivity index (χ2v) is 3.60. The average Bonchev–Trinajstić information content (AvgIpc) is 2.45. The SMILES string of the molecule is Nc1nncn1NC(=O)CC1CCC1. The van der Waals surface area contributed by atoms with Crippen LogP contribution in [0.4, 0.5) is 5.95 Å². The van der Waals surface area contributed by atoms with E-state index >= 15 is 0 Å². The maximum absolute atomic E-state index is 11.4. The van der Waals surface area contributed by atoms with Gasteiger partial charge in [0, 0.05) is 6.42 Å². The van der Waals surface area contributed by atoms with E-state index in [4.69, 9.17) is 5.73 Å². The Bertz CT molecular complexity index is 330. The quantitative estimate of drug-likeness (QED) is 0.717. The van der Waals surface area contributed by atoms with Crippen LogP contribution in [0.2, 0.25) is 0 Å². The van der Waals surface area contributed by atoms with Gasteiger partial charge in [-0.25, -0.2) is 4.68 Å². The number of nitrogens with one attached hydrogen (secondary N) is 1. The van der Waals surface area contributed by atoms with Crippen molar-refractivity contribution >= 4 is 11.9 Å². The molecule has 0 spiro atoms. The summed E-state index contributed by atoms with van der Waals surface area (Å²) in [5, 5.41) is 7.12. The lowest BCUT2D eigenvalue weighted by Gasteiger charge is -2.24. The summed E-state index contributed by atoms with van der Waals surface area (Å²) in [5.41, 5.74) is 8.06. The lowest BCUT2D eigenvalue weighted by atomic mass is 9.83. The van der Waals surface area contributed by atoms with Crippen LogP contribution in [0.25, 0.3) is 0 Å². The monoisotopic (exact) mass is 195 g/mol. The lowest BCUT2D eigenvalue weighted by molar-refractivity contribution is -0.118. The van der Waals surface area contributed by atoms with E-state index in [2.05, 4.69) is 15.6 Å². The molecule has 0 aromatic carbocycles. The van der Waals surface area contributed by atoms with E-state index in [1.807, 2.05) is 0 Å². The van der Waals surface area contributed by atoms with Gasteiger partial charge in [0.2, 0.25) is 11.9 Å². The molecule has 2 rings (SSSR count). The maximum Gasteiger partial charge on any atom is 0.241 e. The van der Waals surface area contributed by atoms with Gasteiger partial charge in [-0.3, -0.25) is 10.2 Å². The smallest absolute Gasteiger partial charge is 0.241 e. The zero-order valence-corrected chi connectivity index (χ0v) is 7.81. The Morgan fingerprint density at radius 1 is 1.71 bits per heavy atom. The number of nitrogens with zero attached hydrogens (tertiary/aromatic N) is 3. The van der Waals surface area contributed by atoms with Gasteiger partial charge in [0.25, 0.3) is 0 Å². The first-order valence-corrected chi connectivity index (χ1v) is 4.71. The molecule has 1 fully saturated rings. The summed E-state index contributed by atoms with van der Waals surface area (Å²) in [6.45, 7) is 0. The Kier molecular flexibility index (Phi) is 2.34. The molecule has 0 radical (unpaired) electrons. The fourth-order valence-corrected chi connectivity index (χ4v) is 1.47. The Hall–Kier alpha value is -1.59. The second-order valence-electron chi connectivity index (χ2n) is 3.60. The molecule has 1 heterocycles. The van der Waals surface area contributed by atoms with Gasteiger partial charge in [0.1, 0.15) is 6.33 Å². The Labute approximate surface area is 81.5 Å². The summed E-state index contributed by atoms with van der Waals surface area (Å²) < 4.78 is 1.33. The molecular weight excluding hydrogens is 182 g/mol. The third-order valence-electron chi connectivity index (χ3n) is 2.52. The van der Waals surface area contributed by atoms with Crippen molar-refractivity contribution in [2.24, 2.45) is 5.92 Å². The minimum atomic E-state index is -0.0267. The van der Waals surface area contributed by atoms with Crippen LogP contribution in [0.1, 0.15) is 25.7 Å². The van der Waals surface area contributed by atoms with Crippen molar-refractivity contribution in [3.05, 3.63) is 6.33 Å². The van der Waals surface area contributed by atoms with Crippen LogP contribution in [0.5, 0.6) is 0 Å². The van der Waals surface area contributed by atoms with Gasteiger partial charge in [0.05, 0.1) is 0 Å². The standard InChI is InChI=1S/C8H13N5O/c9-8-11-10-5-13(8)12-7(14)4-6-2-1-3-6/h5-6H,1-4H2,(H2,9,11)(H,12,14). The van der Waals surface area contributed by atoms with Crippen molar-refractivity contribution in [1.82, 2.24) is 14.9 Å². The summed E-state index contributed by atoms with van der Waals surface area (Å²) in [7, 11) is 0. The number of carbonyl (C=O) groups is 1. The molecule has 6 nitrogen and oxygen atoms in total. The molecule has 0 saturated heterocycles. The van der Waals surface area contributed by atoms with Crippen molar-refractivity contribution in [2.75, 3.05) is 11.2 Å². The molecular formula is C8H13N5O. The molecule has 1 aliphatic rings. The summed E-state index contributed by atoms with van der Waals surface area (Å²) in [5.74, 6) is 0.723. The third-order valence-corrected chi connectivity index (χ3v) is 2.52. The van der Waals surface area contributed by atoms with Gasteiger partial charge in [-0.2, -0.15) is 0 Å².